The number of esters is 1. The lowest BCUT2D eigenvalue weighted by molar-refractivity contribution is -0.178. The summed E-state index contributed by atoms with van der Waals surface area (Å²) in [4.78, 5) is 65.6. The van der Waals surface area contributed by atoms with Crippen molar-refractivity contribution < 1.29 is 38.2 Å². The third kappa shape index (κ3) is 7.76. The molecular weight excluding hydrogens is 508 g/mol. The highest BCUT2D eigenvalue weighted by molar-refractivity contribution is 5.99. The smallest absolute Gasteiger partial charge is 0.308 e. The number of fused-ring (bicyclic) bond motifs is 1. The van der Waals surface area contributed by atoms with Crippen molar-refractivity contribution in [1.29, 1.82) is 0 Å². The van der Waals surface area contributed by atoms with Crippen LogP contribution in [0.5, 0.6) is 0 Å². The number of hydrogen-bond acceptors (Lipinski definition) is 8. The second kappa shape index (κ2) is 13.0. The van der Waals surface area contributed by atoms with Crippen LogP contribution in [0.1, 0.15) is 63.2 Å². The van der Waals surface area contributed by atoms with Gasteiger partial charge in [0.15, 0.2) is 6.29 Å². The largest absolute Gasteiger partial charge is 0.460 e. The number of carbonyl (C=O) groups excluding carboxylic acids is 5. The van der Waals surface area contributed by atoms with E-state index in [0.29, 0.717) is 12.0 Å². The van der Waals surface area contributed by atoms with Crippen molar-refractivity contribution in [3.05, 3.63) is 35.9 Å². The molecule has 1 aromatic rings. The van der Waals surface area contributed by atoms with E-state index in [0.717, 1.165) is 5.01 Å². The predicted molar refractivity (Wildman–Crippen MR) is 139 cm³/mol. The quantitative estimate of drug-likeness (QED) is 0.347. The molecule has 2 heterocycles. The molecular formula is C27H38N4O8. The normalized spacial score (nSPS) is 20.7. The van der Waals surface area contributed by atoms with Crippen LogP contribution in [0.4, 0.5) is 0 Å². The molecule has 3 atom stereocenters. The Morgan fingerprint density at radius 3 is 2.33 bits per heavy atom. The molecule has 3 unspecified atom stereocenters. The fourth-order valence-electron chi connectivity index (χ4n) is 4.72. The highest BCUT2D eigenvalue weighted by Gasteiger charge is 2.45. The number of rotatable bonds is 9. The van der Waals surface area contributed by atoms with Gasteiger partial charge in [-0.1, -0.05) is 18.2 Å². The molecule has 0 aliphatic carbocycles. The van der Waals surface area contributed by atoms with Gasteiger partial charge in [-0.25, -0.2) is 5.01 Å². The zero-order valence-corrected chi connectivity index (χ0v) is 23.1. The molecule has 0 radical (unpaired) electrons. The fourth-order valence-corrected chi connectivity index (χ4v) is 4.72. The molecule has 39 heavy (non-hydrogen) atoms. The Balaban J connectivity index is 1.81. The first-order valence-electron chi connectivity index (χ1n) is 13.0. The number of benzene rings is 1. The zero-order chi connectivity index (χ0) is 28.7. The number of nitrogens with one attached hydrogen (secondary N) is 2. The van der Waals surface area contributed by atoms with E-state index in [1.807, 2.05) is 0 Å². The average molecular weight is 547 g/mol. The van der Waals surface area contributed by atoms with Crippen molar-refractivity contribution in [2.24, 2.45) is 0 Å². The fraction of sp³-hybridized carbons (Fsp3) is 0.593. The molecule has 0 spiro atoms. The molecule has 12 nitrogen and oxygen atoms in total. The van der Waals surface area contributed by atoms with Gasteiger partial charge >= 0.3 is 5.97 Å². The minimum atomic E-state index is -1.04. The van der Waals surface area contributed by atoms with Crippen molar-refractivity contribution in [2.75, 3.05) is 20.8 Å². The van der Waals surface area contributed by atoms with E-state index in [-0.39, 0.29) is 38.1 Å². The summed E-state index contributed by atoms with van der Waals surface area (Å²) in [6, 6.07) is 5.47. The van der Waals surface area contributed by atoms with Crippen LogP contribution in [0.15, 0.2) is 30.3 Å². The van der Waals surface area contributed by atoms with E-state index in [9.17, 15) is 24.0 Å². The number of hydrazine groups is 1. The van der Waals surface area contributed by atoms with Crippen LogP contribution in [-0.2, 0) is 33.4 Å². The molecule has 0 aromatic heterocycles. The van der Waals surface area contributed by atoms with Gasteiger partial charge in [-0.15, -0.1) is 0 Å². The second-order valence-corrected chi connectivity index (χ2v) is 10.5. The molecule has 2 aliphatic rings. The Hall–Kier alpha value is -3.51. The van der Waals surface area contributed by atoms with Gasteiger partial charge in [0.2, 0.25) is 11.8 Å². The van der Waals surface area contributed by atoms with Crippen molar-refractivity contribution in [3.63, 3.8) is 0 Å². The summed E-state index contributed by atoms with van der Waals surface area (Å²) in [7, 11) is 2.75. The minimum Gasteiger partial charge on any atom is -0.460 e. The lowest BCUT2D eigenvalue weighted by atomic mass is 10.0. The molecule has 0 bridgehead atoms. The van der Waals surface area contributed by atoms with E-state index >= 15 is 0 Å². The number of ether oxygens (including phenoxy) is 3. The van der Waals surface area contributed by atoms with Gasteiger partial charge in [0.05, 0.1) is 12.5 Å². The van der Waals surface area contributed by atoms with E-state index in [1.54, 1.807) is 51.1 Å². The molecule has 214 valence electrons. The van der Waals surface area contributed by atoms with Crippen LogP contribution in [0.25, 0.3) is 0 Å². The summed E-state index contributed by atoms with van der Waals surface area (Å²) in [6.07, 6.45) is -0.302. The van der Waals surface area contributed by atoms with Crippen LogP contribution in [0, 0.1) is 0 Å². The first kappa shape index (κ1) is 30.0. The standard InChI is InChI=1S/C27H38N4O8/c1-27(2,3)39-22(33)16-19(26(37-4)38-5)29-24(35)20-12-9-15-30-21(32)14-13-18(25(36)31(20)30)28-23(34)17-10-7-6-8-11-17/h6-8,10-11,18-20,26H,9,12-16H2,1-5H3,(H,28,34)(H,29,35). The summed E-state index contributed by atoms with van der Waals surface area (Å²) in [6.45, 7) is 5.46. The van der Waals surface area contributed by atoms with Gasteiger partial charge in [-0.2, -0.15) is 0 Å². The Kier molecular flexibility index (Phi) is 10.0. The van der Waals surface area contributed by atoms with Crippen molar-refractivity contribution in [3.8, 4) is 0 Å². The van der Waals surface area contributed by atoms with Gasteiger partial charge in [-0.05, 0) is 52.2 Å². The Bertz CT molecular complexity index is 1050. The second-order valence-electron chi connectivity index (χ2n) is 10.5. The van der Waals surface area contributed by atoms with Crippen LogP contribution in [-0.4, -0.2) is 90.4 Å². The molecule has 2 aliphatic heterocycles. The van der Waals surface area contributed by atoms with Crippen molar-refractivity contribution in [2.45, 2.75) is 82.9 Å². The number of methoxy groups -OCH3 is 2. The number of hydrogen-bond donors (Lipinski definition) is 2. The summed E-state index contributed by atoms with van der Waals surface area (Å²) < 4.78 is 16.0. The lowest BCUT2D eigenvalue weighted by Crippen LogP contribution is -2.64. The van der Waals surface area contributed by atoms with Gasteiger partial charge in [-0.3, -0.25) is 29.0 Å². The van der Waals surface area contributed by atoms with Crippen LogP contribution in [0.2, 0.25) is 0 Å². The highest BCUT2D eigenvalue weighted by Crippen LogP contribution is 2.25. The summed E-state index contributed by atoms with van der Waals surface area (Å²) in [5, 5.41) is 7.93. The maximum Gasteiger partial charge on any atom is 0.308 e. The first-order valence-corrected chi connectivity index (χ1v) is 13.0. The van der Waals surface area contributed by atoms with E-state index in [4.69, 9.17) is 14.2 Å². The van der Waals surface area contributed by atoms with E-state index in [1.165, 1.54) is 19.2 Å². The maximum absolute atomic E-state index is 13.7. The molecule has 1 aromatic carbocycles. The summed E-state index contributed by atoms with van der Waals surface area (Å²) in [5.41, 5.74) is -0.357. The Morgan fingerprint density at radius 1 is 1.05 bits per heavy atom. The van der Waals surface area contributed by atoms with Gasteiger partial charge < -0.3 is 24.8 Å². The third-order valence-corrected chi connectivity index (χ3v) is 6.43. The maximum atomic E-state index is 13.7. The molecule has 2 fully saturated rings. The summed E-state index contributed by atoms with van der Waals surface area (Å²) >= 11 is 0. The molecule has 2 N–H and O–H groups in total. The first-order chi connectivity index (χ1) is 18.4. The van der Waals surface area contributed by atoms with Gasteiger partial charge in [0, 0.05) is 32.7 Å². The Morgan fingerprint density at radius 2 is 1.72 bits per heavy atom. The monoisotopic (exact) mass is 546 g/mol. The van der Waals surface area contributed by atoms with Crippen LogP contribution >= 0.6 is 0 Å². The molecule has 4 amide bonds. The average Bonchev–Trinajstić information content (AvgIpc) is 3.00. The topological polar surface area (TPSA) is 144 Å². The molecule has 2 saturated heterocycles. The van der Waals surface area contributed by atoms with E-state index in [2.05, 4.69) is 10.6 Å². The minimum absolute atomic E-state index is 0.0347. The highest BCUT2D eigenvalue weighted by atomic mass is 16.7. The molecule has 0 saturated carbocycles. The van der Waals surface area contributed by atoms with Gasteiger partial charge in [0.25, 0.3) is 11.8 Å². The van der Waals surface area contributed by atoms with E-state index < -0.39 is 53.7 Å². The van der Waals surface area contributed by atoms with Crippen LogP contribution < -0.4 is 10.6 Å². The van der Waals surface area contributed by atoms with Crippen molar-refractivity contribution in [1.82, 2.24) is 20.7 Å². The van der Waals surface area contributed by atoms with Crippen LogP contribution in [0.3, 0.4) is 0 Å². The molecule has 12 heteroatoms. The SMILES string of the molecule is COC(OC)C(CC(=O)OC(C)(C)C)NC(=O)C1CCCN2C(=O)CCC(NC(=O)c3ccccc3)C(=O)N12. The Labute approximate surface area is 228 Å². The third-order valence-electron chi connectivity index (χ3n) is 6.43. The lowest BCUT2D eigenvalue weighted by Gasteiger charge is -2.43. The molecule has 3 rings (SSSR count). The zero-order valence-electron chi connectivity index (χ0n) is 23.1. The predicted octanol–water partition coefficient (Wildman–Crippen LogP) is 1.15. The number of amides is 4. The van der Waals surface area contributed by atoms with Gasteiger partial charge in [0.1, 0.15) is 17.7 Å². The summed E-state index contributed by atoms with van der Waals surface area (Å²) in [5.74, 6) is -2.46. The number of carbonyl (C=O) groups is 5. The number of nitrogens with zero attached hydrogens (tertiary/aromatic N) is 2. The van der Waals surface area contributed by atoms with Crippen molar-refractivity contribution >= 4 is 29.6 Å².